The van der Waals surface area contributed by atoms with E-state index < -0.39 is 23.5 Å². The number of nitrogens with one attached hydrogen (secondary N) is 3. The Morgan fingerprint density at radius 3 is 2.62 bits per heavy atom. The Labute approximate surface area is 123 Å². The molecule has 0 aromatic rings. The third-order valence-corrected chi connectivity index (χ3v) is 3.34. The van der Waals surface area contributed by atoms with Gasteiger partial charge in [0.1, 0.15) is 5.41 Å². The smallest absolute Gasteiger partial charge is 0.315 e. The summed E-state index contributed by atoms with van der Waals surface area (Å²) >= 11 is 0. The lowest BCUT2D eigenvalue weighted by atomic mass is 9.85. The highest BCUT2D eigenvalue weighted by Crippen LogP contribution is 2.28. The summed E-state index contributed by atoms with van der Waals surface area (Å²) in [7, 11) is 0. The summed E-state index contributed by atoms with van der Waals surface area (Å²) in [6.45, 7) is 5.63. The molecule has 0 radical (unpaired) electrons. The van der Waals surface area contributed by atoms with Gasteiger partial charge >= 0.3 is 12.0 Å². The Kier molecular flexibility index (Phi) is 5.95. The Morgan fingerprint density at radius 1 is 1.38 bits per heavy atom. The van der Waals surface area contributed by atoms with Crippen LogP contribution in [-0.4, -0.2) is 54.9 Å². The third kappa shape index (κ3) is 4.89. The van der Waals surface area contributed by atoms with Crippen molar-refractivity contribution in [3.05, 3.63) is 0 Å². The fourth-order valence-electron chi connectivity index (χ4n) is 1.98. The number of carbonyl (C=O) groups is 3. The van der Waals surface area contributed by atoms with Crippen LogP contribution >= 0.6 is 0 Å². The molecule has 8 heteroatoms. The van der Waals surface area contributed by atoms with Gasteiger partial charge in [0, 0.05) is 19.0 Å². The number of ether oxygens (including phenoxy) is 1. The fraction of sp³-hybridized carbons (Fsp3) is 0.769. The molecule has 0 aromatic heterocycles. The number of hydrogen-bond acceptors (Lipinski definition) is 4. The van der Waals surface area contributed by atoms with Crippen LogP contribution < -0.4 is 16.0 Å². The number of hydrogen-bond donors (Lipinski definition) is 4. The molecule has 120 valence electrons. The second-order valence-electron chi connectivity index (χ2n) is 5.66. The molecular weight excluding hydrogens is 278 g/mol. The van der Waals surface area contributed by atoms with Gasteiger partial charge < -0.3 is 25.8 Å². The molecule has 0 aromatic carbocycles. The minimum atomic E-state index is -1.13. The van der Waals surface area contributed by atoms with Crippen LogP contribution in [0.15, 0.2) is 0 Å². The van der Waals surface area contributed by atoms with E-state index in [0.29, 0.717) is 0 Å². The van der Waals surface area contributed by atoms with Crippen molar-refractivity contribution in [1.82, 2.24) is 16.0 Å². The quantitative estimate of drug-likeness (QED) is 0.537. The minimum Gasteiger partial charge on any atom is -0.481 e. The maximum Gasteiger partial charge on any atom is 0.315 e. The molecule has 1 heterocycles. The zero-order valence-electron chi connectivity index (χ0n) is 12.6. The molecule has 0 saturated carbocycles. The monoisotopic (exact) mass is 301 g/mol. The first-order chi connectivity index (χ1) is 9.75. The Balaban J connectivity index is 2.34. The molecule has 1 aliphatic heterocycles. The molecule has 0 bridgehead atoms. The van der Waals surface area contributed by atoms with E-state index in [2.05, 4.69) is 16.0 Å². The van der Waals surface area contributed by atoms with Crippen LogP contribution in [0, 0.1) is 5.41 Å². The van der Waals surface area contributed by atoms with Crippen LogP contribution in [-0.2, 0) is 14.3 Å². The average molecular weight is 301 g/mol. The standard InChI is InChI=1S/C13H23N3O5/c1-8(2)15-10(17)4-5-14-12(20)16-9-6-21-7-13(9,3)11(18)19/h8-9H,4-7H2,1-3H3,(H,15,17)(H,18,19)(H2,14,16,20). The van der Waals surface area contributed by atoms with Gasteiger partial charge in [0.25, 0.3) is 0 Å². The predicted octanol–water partition coefficient (Wildman–Crippen LogP) is -0.310. The maximum atomic E-state index is 11.7. The summed E-state index contributed by atoms with van der Waals surface area (Å²) in [5, 5.41) is 17.0. The van der Waals surface area contributed by atoms with Crippen LogP contribution in [0.3, 0.4) is 0 Å². The summed E-state index contributed by atoms with van der Waals surface area (Å²) in [6, 6.07) is -1.05. The van der Waals surface area contributed by atoms with E-state index in [1.54, 1.807) is 0 Å². The molecular formula is C13H23N3O5. The van der Waals surface area contributed by atoms with Crippen molar-refractivity contribution in [2.75, 3.05) is 19.8 Å². The molecule has 21 heavy (non-hydrogen) atoms. The van der Waals surface area contributed by atoms with E-state index >= 15 is 0 Å². The molecule has 1 aliphatic rings. The summed E-state index contributed by atoms with van der Waals surface area (Å²) in [4.78, 5) is 34.3. The second kappa shape index (κ2) is 7.26. The Bertz CT molecular complexity index is 413. The topological polar surface area (TPSA) is 117 Å². The van der Waals surface area contributed by atoms with Crippen LogP contribution in [0.2, 0.25) is 0 Å². The molecule has 2 unspecified atom stereocenters. The third-order valence-electron chi connectivity index (χ3n) is 3.34. The van der Waals surface area contributed by atoms with Crippen molar-refractivity contribution in [3.8, 4) is 0 Å². The molecule has 0 aliphatic carbocycles. The van der Waals surface area contributed by atoms with E-state index in [9.17, 15) is 19.5 Å². The summed E-state index contributed by atoms with van der Waals surface area (Å²) in [5.74, 6) is -1.16. The Hall–Kier alpha value is -1.83. The molecule has 2 atom stereocenters. The van der Waals surface area contributed by atoms with Crippen molar-refractivity contribution >= 4 is 17.9 Å². The fourth-order valence-corrected chi connectivity index (χ4v) is 1.98. The van der Waals surface area contributed by atoms with Gasteiger partial charge in [-0.3, -0.25) is 9.59 Å². The van der Waals surface area contributed by atoms with E-state index in [-0.39, 0.29) is 38.1 Å². The average Bonchev–Trinajstić information content (AvgIpc) is 2.71. The van der Waals surface area contributed by atoms with Crippen molar-refractivity contribution in [2.24, 2.45) is 5.41 Å². The number of rotatable bonds is 6. The molecule has 1 rings (SSSR count). The maximum absolute atomic E-state index is 11.7. The number of aliphatic carboxylic acids is 1. The normalized spacial score (nSPS) is 24.7. The molecule has 1 saturated heterocycles. The van der Waals surface area contributed by atoms with Crippen molar-refractivity contribution < 1.29 is 24.2 Å². The van der Waals surface area contributed by atoms with Crippen molar-refractivity contribution in [2.45, 2.75) is 39.3 Å². The van der Waals surface area contributed by atoms with Gasteiger partial charge in [0.15, 0.2) is 0 Å². The van der Waals surface area contributed by atoms with Crippen molar-refractivity contribution in [3.63, 3.8) is 0 Å². The highest BCUT2D eigenvalue weighted by molar-refractivity contribution is 5.80. The number of amides is 3. The van der Waals surface area contributed by atoms with E-state index in [1.165, 1.54) is 6.92 Å². The molecule has 8 nitrogen and oxygen atoms in total. The predicted molar refractivity (Wildman–Crippen MR) is 74.8 cm³/mol. The SMILES string of the molecule is CC(C)NC(=O)CCNC(=O)NC1COCC1(C)C(=O)O. The van der Waals surface area contributed by atoms with E-state index in [1.807, 2.05) is 13.8 Å². The summed E-state index contributed by atoms with van der Waals surface area (Å²) < 4.78 is 5.13. The van der Waals surface area contributed by atoms with Crippen molar-refractivity contribution in [1.29, 1.82) is 0 Å². The van der Waals surface area contributed by atoms with Gasteiger partial charge in [0.2, 0.25) is 5.91 Å². The zero-order chi connectivity index (χ0) is 16.0. The van der Waals surface area contributed by atoms with Crippen LogP contribution in [0.25, 0.3) is 0 Å². The number of carboxylic acids is 1. The number of urea groups is 1. The Morgan fingerprint density at radius 2 is 2.05 bits per heavy atom. The first kappa shape index (κ1) is 17.2. The summed E-state index contributed by atoms with van der Waals surface area (Å²) in [6.07, 6.45) is 0.170. The zero-order valence-corrected chi connectivity index (χ0v) is 12.6. The van der Waals surface area contributed by atoms with E-state index in [0.717, 1.165) is 0 Å². The minimum absolute atomic E-state index is 0.0539. The highest BCUT2D eigenvalue weighted by atomic mass is 16.5. The molecule has 4 N–H and O–H groups in total. The second-order valence-corrected chi connectivity index (χ2v) is 5.66. The highest BCUT2D eigenvalue weighted by Gasteiger charge is 2.47. The van der Waals surface area contributed by atoms with Crippen LogP contribution in [0.1, 0.15) is 27.2 Å². The van der Waals surface area contributed by atoms with Gasteiger partial charge in [-0.25, -0.2) is 4.79 Å². The lowest BCUT2D eigenvalue weighted by Crippen LogP contribution is -2.52. The lowest BCUT2D eigenvalue weighted by molar-refractivity contribution is -0.148. The number of carboxylic acid groups (broad SMARTS) is 1. The van der Waals surface area contributed by atoms with Gasteiger partial charge in [-0.05, 0) is 20.8 Å². The largest absolute Gasteiger partial charge is 0.481 e. The van der Waals surface area contributed by atoms with Gasteiger partial charge in [-0.2, -0.15) is 0 Å². The molecule has 0 spiro atoms. The van der Waals surface area contributed by atoms with Gasteiger partial charge in [0.05, 0.1) is 19.3 Å². The molecule has 1 fully saturated rings. The van der Waals surface area contributed by atoms with Crippen LogP contribution in [0.4, 0.5) is 4.79 Å². The summed E-state index contributed by atoms with van der Waals surface area (Å²) in [5.41, 5.74) is -1.13. The van der Waals surface area contributed by atoms with Crippen LogP contribution in [0.5, 0.6) is 0 Å². The van der Waals surface area contributed by atoms with E-state index in [4.69, 9.17) is 4.74 Å². The van der Waals surface area contributed by atoms with Gasteiger partial charge in [-0.1, -0.05) is 0 Å². The first-order valence-corrected chi connectivity index (χ1v) is 6.90. The lowest BCUT2D eigenvalue weighted by Gasteiger charge is -2.25. The first-order valence-electron chi connectivity index (χ1n) is 6.90. The molecule has 3 amide bonds. The number of carbonyl (C=O) groups excluding carboxylic acids is 2. The van der Waals surface area contributed by atoms with Gasteiger partial charge in [-0.15, -0.1) is 0 Å².